The molecule has 8 heteroatoms. The number of urea groups is 1. The summed E-state index contributed by atoms with van der Waals surface area (Å²) in [7, 11) is 1.45. The molecule has 0 bridgehead atoms. The molecule has 1 aromatic rings. The van der Waals surface area contributed by atoms with Crippen LogP contribution in [0.15, 0.2) is 18.7 Å². The number of ether oxygens (including phenoxy) is 1. The van der Waals surface area contributed by atoms with Gasteiger partial charge in [-0.15, -0.1) is 6.58 Å². The molecular weight excluding hydrogens is 264 g/mol. The number of rotatable bonds is 6. The first-order valence-electron chi connectivity index (χ1n) is 5.74. The lowest BCUT2D eigenvalue weighted by molar-refractivity contribution is -0.137. The minimum atomic E-state index is -1.12. The van der Waals surface area contributed by atoms with Crippen LogP contribution in [0.5, 0.6) is 5.88 Å². The first-order valence-corrected chi connectivity index (χ1v) is 5.74. The van der Waals surface area contributed by atoms with Crippen molar-refractivity contribution < 1.29 is 19.4 Å². The van der Waals surface area contributed by atoms with E-state index in [0.717, 1.165) is 4.90 Å². The van der Waals surface area contributed by atoms with Gasteiger partial charge in [0.1, 0.15) is 6.54 Å². The summed E-state index contributed by atoms with van der Waals surface area (Å²) >= 11 is 0. The van der Waals surface area contributed by atoms with E-state index in [0.29, 0.717) is 11.6 Å². The number of carbonyl (C=O) groups excluding carboxylic acids is 1. The fourth-order valence-electron chi connectivity index (χ4n) is 1.41. The molecule has 0 aliphatic rings. The van der Waals surface area contributed by atoms with Gasteiger partial charge in [-0.3, -0.25) is 10.1 Å². The molecule has 1 rings (SSSR count). The highest BCUT2D eigenvalue weighted by molar-refractivity contribution is 5.89. The van der Waals surface area contributed by atoms with E-state index < -0.39 is 18.5 Å². The standard InChI is InChI=1S/C12H16N4O4/c1-4-5-16(7-10(17)18)12(19)15-11-13-8(2)6-9(14-11)20-3/h4,6H,1,5,7H2,2-3H3,(H,17,18)(H,13,14,15,19). The van der Waals surface area contributed by atoms with Gasteiger partial charge >= 0.3 is 12.0 Å². The number of anilines is 1. The van der Waals surface area contributed by atoms with Crippen molar-refractivity contribution in [2.24, 2.45) is 0 Å². The molecule has 0 spiro atoms. The Bertz CT molecular complexity index is 518. The predicted octanol–water partition coefficient (Wildman–Crippen LogP) is 0.898. The molecule has 0 fully saturated rings. The van der Waals surface area contributed by atoms with Crippen LogP contribution in [0, 0.1) is 6.92 Å². The summed E-state index contributed by atoms with van der Waals surface area (Å²) in [6.45, 7) is 4.85. The van der Waals surface area contributed by atoms with Crippen LogP contribution in [0.3, 0.4) is 0 Å². The fourth-order valence-corrected chi connectivity index (χ4v) is 1.41. The zero-order valence-electron chi connectivity index (χ0n) is 11.3. The number of aryl methyl sites for hydroxylation is 1. The van der Waals surface area contributed by atoms with Gasteiger partial charge in [-0.2, -0.15) is 4.98 Å². The third kappa shape index (κ3) is 4.56. The smallest absolute Gasteiger partial charge is 0.325 e. The van der Waals surface area contributed by atoms with Gasteiger partial charge in [-0.25, -0.2) is 9.78 Å². The molecule has 0 aliphatic heterocycles. The minimum Gasteiger partial charge on any atom is -0.481 e. The van der Waals surface area contributed by atoms with Crippen molar-refractivity contribution in [1.82, 2.24) is 14.9 Å². The first kappa shape index (κ1) is 15.4. The van der Waals surface area contributed by atoms with E-state index in [4.69, 9.17) is 9.84 Å². The topological polar surface area (TPSA) is 105 Å². The van der Waals surface area contributed by atoms with Crippen molar-refractivity contribution in [2.75, 3.05) is 25.5 Å². The predicted molar refractivity (Wildman–Crippen MR) is 71.7 cm³/mol. The molecule has 0 saturated carbocycles. The van der Waals surface area contributed by atoms with Crippen molar-refractivity contribution in [3.8, 4) is 5.88 Å². The molecule has 1 heterocycles. The van der Waals surface area contributed by atoms with Crippen molar-refractivity contribution in [2.45, 2.75) is 6.92 Å². The summed E-state index contributed by atoms with van der Waals surface area (Å²) in [6.07, 6.45) is 1.43. The zero-order valence-corrected chi connectivity index (χ0v) is 11.3. The molecule has 0 aromatic carbocycles. The lowest BCUT2D eigenvalue weighted by Crippen LogP contribution is -2.39. The summed E-state index contributed by atoms with van der Waals surface area (Å²) in [5.74, 6) is -0.766. The second-order valence-corrected chi connectivity index (χ2v) is 3.87. The summed E-state index contributed by atoms with van der Waals surface area (Å²) in [5.41, 5.74) is 0.612. The maximum atomic E-state index is 11.9. The van der Waals surface area contributed by atoms with E-state index >= 15 is 0 Å². The first-order chi connectivity index (χ1) is 9.46. The Balaban J connectivity index is 2.84. The maximum Gasteiger partial charge on any atom is 0.325 e. The van der Waals surface area contributed by atoms with Crippen LogP contribution < -0.4 is 10.1 Å². The third-order valence-corrected chi connectivity index (χ3v) is 2.22. The van der Waals surface area contributed by atoms with Crippen LogP contribution in [0.2, 0.25) is 0 Å². The Morgan fingerprint density at radius 2 is 2.25 bits per heavy atom. The Labute approximate surface area is 116 Å². The number of carbonyl (C=O) groups is 2. The third-order valence-electron chi connectivity index (χ3n) is 2.22. The molecule has 0 aliphatic carbocycles. The van der Waals surface area contributed by atoms with E-state index in [-0.39, 0.29) is 12.5 Å². The van der Waals surface area contributed by atoms with Gasteiger partial charge in [-0.05, 0) is 6.92 Å². The minimum absolute atomic E-state index is 0.0475. The van der Waals surface area contributed by atoms with E-state index in [9.17, 15) is 9.59 Å². The fraction of sp³-hybridized carbons (Fsp3) is 0.333. The Hall–Kier alpha value is -2.64. The Kier molecular flexibility index (Phi) is 5.45. The van der Waals surface area contributed by atoms with Gasteiger partial charge in [-0.1, -0.05) is 6.08 Å². The zero-order chi connectivity index (χ0) is 15.1. The van der Waals surface area contributed by atoms with Crippen molar-refractivity contribution >= 4 is 17.9 Å². The number of aliphatic carboxylic acids is 1. The molecule has 2 N–H and O–H groups in total. The number of methoxy groups -OCH3 is 1. The number of nitrogens with zero attached hydrogens (tertiary/aromatic N) is 3. The Morgan fingerprint density at radius 3 is 2.80 bits per heavy atom. The molecule has 2 amide bonds. The highest BCUT2D eigenvalue weighted by Gasteiger charge is 2.17. The van der Waals surface area contributed by atoms with E-state index in [1.165, 1.54) is 13.2 Å². The van der Waals surface area contributed by atoms with Crippen molar-refractivity contribution in [3.63, 3.8) is 0 Å². The van der Waals surface area contributed by atoms with Crippen molar-refractivity contribution in [1.29, 1.82) is 0 Å². The lowest BCUT2D eigenvalue weighted by Gasteiger charge is -2.18. The number of carboxylic acid groups (broad SMARTS) is 1. The van der Waals surface area contributed by atoms with Crippen LogP contribution in [0.1, 0.15) is 5.69 Å². The summed E-state index contributed by atoms with van der Waals surface area (Å²) in [4.78, 5) is 31.7. The second kappa shape index (κ2) is 7.07. The van der Waals surface area contributed by atoms with E-state index in [2.05, 4.69) is 21.9 Å². The second-order valence-electron chi connectivity index (χ2n) is 3.87. The summed E-state index contributed by atoms with van der Waals surface area (Å²) in [6, 6.07) is 0.981. The van der Waals surface area contributed by atoms with Crippen LogP contribution in [-0.2, 0) is 4.79 Å². The highest BCUT2D eigenvalue weighted by Crippen LogP contribution is 2.11. The molecular formula is C12H16N4O4. The van der Waals surface area contributed by atoms with Crippen LogP contribution in [-0.4, -0.2) is 52.2 Å². The lowest BCUT2D eigenvalue weighted by atomic mass is 10.4. The average Bonchev–Trinajstić information content (AvgIpc) is 2.36. The Morgan fingerprint density at radius 1 is 1.55 bits per heavy atom. The van der Waals surface area contributed by atoms with E-state index in [1.54, 1.807) is 13.0 Å². The summed E-state index contributed by atoms with van der Waals surface area (Å²) in [5, 5.41) is 11.2. The SMILES string of the molecule is C=CCN(CC(=O)O)C(=O)Nc1nc(C)cc(OC)n1. The van der Waals surface area contributed by atoms with Gasteiger partial charge < -0.3 is 14.7 Å². The molecule has 1 aromatic heterocycles. The highest BCUT2D eigenvalue weighted by atomic mass is 16.5. The normalized spacial score (nSPS) is 9.70. The molecule has 0 radical (unpaired) electrons. The molecule has 0 saturated heterocycles. The van der Waals surface area contributed by atoms with Crippen LogP contribution in [0.4, 0.5) is 10.7 Å². The molecule has 0 unspecified atom stereocenters. The quantitative estimate of drug-likeness (QED) is 0.750. The number of aromatic nitrogens is 2. The number of amides is 2. The van der Waals surface area contributed by atoms with Gasteiger partial charge in [0.05, 0.1) is 7.11 Å². The van der Waals surface area contributed by atoms with Gasteiger partial charge in [0, 0.05) is 18.3 Å². The molecule has 108 valence electrons. The maximum absolute atomic E-state index is 11.9. The van der Waals surface area contributed by atoms with Crippen LogP contribution in [0.25, 0.3) is 0 Å². The van der Waals surface area contributed by atoms with Gasteiger partial charge in [0.25, 0.3) is 0 Å². The largest absolute Gasteiger partial charge is 0.481 e. The number of carboxylic acids is 1. The van der Waals surface area contributed by atoms with Crippen molar-refractivity contribution in [3.05, 3.63) is 24.4 Å². The molecule has 20 heavy (non-hydrogen) atoms. The summed E-state index contributed by atoms with van der Waals surface area (Å²) < 4.78 is 4.96. The number of hydrogen-bond donors (Lipinski definition) is 2. The molecule has 0 atom stereocenters. The van der Waals surface area contributed by atoms with Gasteiger partial charge in [0.15, 0.2) is 0 Å². The molecule has 8 nitrogen and oxygen atoms in total. The average molecular weight is 280 g/mol. The van der Waals surface area contributed by atoms with Crippen LogP contribution >= 0.6 is 0 Å². The van der Waals surface area contributed by atoms with Gasteiger partial charge in [0.2, 0.25) is 11.8 Å². The van der Waals surface area contributed by atoms with E-state index in [1.807, 2.05) is 0 Å². The number of hydrogen-bond acceptors (Lipinski definition) is 5. The number of nitrogens with one attached hydrogen (secondary N) is 1. The monoisotopic (exact) mass is 280 g/mol.